The Morgan fingerprint density at radius 2 is 2.00 bits per heavy atom. The minimum absolute atomic E-state index is 0.0527. The molecule has 1 aliphatic rings. The zero-order valence-electron chi connectivity index (χ0n) is 14.0. The van der Waals surface area contributed by atoms with Crippen LogP contribution in [-0.4, -0.2) is 28.5 Å². The van der Waals surface area contributed by atoms with E-state index < -0.39 is 0 Å². The normalized spacial score (nSPS) is 21.2. The van der Waals surface area contributed by atoms with Crippen LogP contribution in [0.5, 0.6) is 0 Å². The van der Waals surface area contributed by atoms with Crippen molar-refractivity contribution in [2.75, 3.05) is 18.4 Å². The highest BCUT2D eigenvalue weighted by Crippen LogP contribution is 2.20. The monoisotopic (exact) mass is 312 g/mol. The van der Waals surface area contributed by atoms with Gasteiger partial charge in [-0.2, -0.15) is 0 Å². The highest BCUT2D eigenvalue weighted by atomic mass is 16.1. The van der Waals surface area contributed by atoms with Gasteiger partial charge in [-0.25, -0.2) is 4.98 Å². The number of benzene rings is 1. The fourth-order valence-corrected chi connectivity index (χ4v) is 3.06. The van der Waals surface area contributed by atoms with Crippen LogP contribution in [0.15, 0.2) is 30.6 Å². The maximum Gasteiger partial charge on any atom is 0.228 e. The molecule has 0 saturated carbocycles. The third-order valence-electron chi connectivity index (χ3n) is 4.61. The summed E-state index contributed by atoms with van der Waals surface area (Å²) in [5.41, 5.74) is 4.05. The van der Waals surface area contributed by atoms with E-state index in [1.54, 1.807) is 0 Å². The summed E-state index contributed by atoms with van der Waals surface area (Å²) in [4.78, 5) is 16.7. The maximum atomic E-state index is 12.4. The number of rotatable bonds is 3. The first kappa shape index (κ1) is 15.7. The van der Waals surface area contributed by atoms with E-state index in [1.165, 1.54) is 0 Å². The standard InChI is InChI=1S/C18H24N4O/c1-12-8-15(10-19-9-12)18(23)21-16-4-6-17(7-5-16)22-11-20-13(2)14(22)3/h4-7,11-12,15,19H,8-10H2,1-3H3,(H,21,23). The van der Waals surface area contributed by atoms with Gasteiger partial charge in [0.25, 0.3) is 0 Å². The summed E-state index contributed by atoms with van der Waals surface area (Å²) < 4.78 is 2.05. The van der Waals surface area contributed by atoms with Gasteiger partial charge >= 0.3 is 0 Å². The van der Waals surface area contributed by atoms with Crippen molar-refractivity contribution >= 4 is 11.6 Å². The van der Waals surface area contributed by atoms with E-state index in [1.807, 2.05) is 42.1 Å². The van der Waals surface area contributed by atoms with Crippen LogP contribution in [0.1, 0.15) is 24.7 Å². The minimum Gasteiger partial charge on any atom is -0.326 e. The summed E-state index contributed by atoms with van der Waals surface area (Å²) in [7, 11) is 0. The number of amides is 1. The van der Waals surface area contributed by atoms with Gasteiger partial charge in [-0.05, 0) is 57.0 Å². The summed E-state index contributed by atoms with van der Waals surface area (Å²) in [6, 6.07) is 7.90. The van der Waals surface area contributed by atoms with Crippen LogP contribution in [0, 0.1) is 25.7 Å². The number of carbonyl (C=O) groups excluding carboxylic acids is 1. The second kappa shape index (κ2) is 6.54. The van der Waals surface area contributed by atoms with Gasteiger partial charge in [0.2, 0.25) is 5.91 Å². The van der Waals surface area contributed by atoms with Crippen LogP contribution in [-0.2, 0) is 4.79 Å². The SMILES string of the molecule is Cc1ncn(-c2ccc(NC(=O)C3CNCC(C)C3)cc2)c1C. The third kappa shape index (κ3) is 3.45. The number of nitrogens with one attached hydrogen (secondary N) is 2. The van der Waals surface area contributed by atoms with Gasteiger partial charge in [0.15, 0.2) is 0 Å². The van der Waals surface area contributed by atoms with E-state index >= 15 is 0 Å². The Balaban J connectivity index is 1.68. The van der Waals surface area contributed by atoms with Gasteiger partial charge in [0, 0.05) is 23.6 Å². The molecular weight excluding hydrogens is 288 g/mol. The van der Waals surface area contributed by atoms with Crippen molar-refractivity contribution in [2.24, 2.45) is 11.8 Å². The number of aryl methyl sites for hydroxylation is 1. The molecule has 1 aromatic carbocycles. The Morgan fingerprint density at radius 1 is 1.26 bits per heavy atom. The molecule has 1 aromatic heterocycles. The molecule has 1 aliphatic heterocycles. The Morgan fingerprint density at radius 3 is 2.61 bits per heavy atom. The molecule has 0 spiro atoms. The number of hydrogen-bond donors (Lipinski definition) is 2. The van der Waals surface area contributed by atoms with E-state index in [-0.39, 0.29) is 11.8 Å². The number of carbonyl (C=O) groups is 1. The van der Waals surface area contributed by atoms with E-state index in [4.69, 9.17) is 0 Å². The molecule has 2 unspecified atom stereocenters. The molecule has 5 nitrogen and oxygen atoms in total. The highest BCUT2D eigenvalue weighted by Gasteiger charge is 2.24. The Hall–Kier alpha value is -2.14. The molecule has 2 heterocycles. The smallest absolute Gasteiger partial charge is 0.228 e. The minimum atomic E-state index is 0.0527. The molecule has 0 radical (unpaired) electrons. The topological polar surface area (TPSA) is 59.0 Å². The average Bonchev–Trinajstić information content (AvgIpc) is 2.88. The van der Waals surface area contributed by atoms with Crippen molar-refractivity contribution in [3.05, 3.63) is 42.0 Å². The Kier molecular flexibility index (Phi) is 4.48. The predicted molar refractivity (Wildman–Crippen MR) is 91.8 cm³/mol. The molecule has 1 amide bonds. The van der Waals surface area contributed by atoms with E-state index in [0.29, 0.717) is 5.92 Å². The number of imidazole rings is 1. The van der Waals surface area contributed by atoms with Crippen molar-refractivity contribution < 1.29 is 4.79 Å². The summed E-state index contributed by atoms with van der Waals surface area (Å²) in [6.45, 7) is 8.00. The molecule has 2 atom stereocenters. The summed E-state index contributed by atoms with van der Waals surface area (Å²) in [5.74, 6) is 0.706. The molecule has 0 bridgehead atoms. The van der Waals surface area contributed by atoms with E-state index in [9.17, 15) is 4.79 Å². The van der Waals surface area contributed by atoms with Gasteiger partial charge < -0.3 is 15.2 Å². The van der Waals surface area contributed by atoms with Crippen molar-refractivity contribution in [1.29, 1.82) is 0 Å². The maximum absolute atomic E-state index is 12.4. The first-order chi connectivity index (χ1) is 11.0. The molecule has 3 rings (SSSR count). The number of piperidine rings is 1. The number of anilines is 1. The molecule has 1 saturated heterocycles. The molecule has 5 heteroatoms. The quantitative estimate of drug-likeness (QED) is 0.916. The first-order valence-corrected chi connectivity index (χ1v) is 8.17. The van der Waals surface area contributed by atoms with Crippen LogP contribution in [0.3, 0.4) is 0 Å². The highest BCUT2D eigenvalue weighted by molar-refractivity contribution is 5.92. The van der Waals surface area contributed by atoms with Gasteiger partial charge in [-0.15, -0.1) is 0 Å². The molecule has 122 valence electrons. The van der Waals surface area contributed by atoms with Crippen LogP contribution in [0.25, 0.3) is 5.69 Å². The number of hydrogen-bond acceptors (Lipinski definition) is 3. The van der Waals surface area contributed by atoms with Crippen molar-refractivity contribution in [1.82, 2.24) is 14.9 Å². The molecular formula is C18H24N4O. The number of nitrogens with zero attached hydrogens (tertiary/aromatic N) is 2. The Labute approximate surface area is 137 Å². The largest absolute Gasteiger partial charge is 0.326 e. The van der Waals surface area contributed by atoms with Crippen molar-refractivity contribution in [3.8, 4) is 5.69 Å². The summed E-state index contributed by atoms with van der Waals surface area (Å²) in [5, 5.41) is 6.35. The summed E-state index contributed by atoms with van der Waals surface area (Å²) >= 11 is 0. The zero-order chi connectivity index (χ0) is 16.4. The molecule has 1 fully saturated rings. The lowest BCUT2D eigenvalue weighted by Gasteiger charge is -2.26. The van der Waals surface area contributed by atoms with E-state index in [0.717, 1.165) is 42.3 Å². The zero-order valence-corrected chi connectivity index (χ0v) is 14.0. The lowest BCUT2D eigenvalue weighted by atomic mass is 9.91. The van der Waals surface area contributed by atoms with Crippen molar-refractivity contribution in [2.45, 2.75) is 27.2 Å². The van der Waals surface area contributed by atoms with Crippen LogP contribution in [0.2, 0.25) is 0 Å². The summed E-state index contributed by atoms with van der Waals surface area (Å²) in [6.07, 6.45) is 2.78. The second-order valence-electron chi connectivity index (χ2n) is 6.52. The fraction of sp³-hybridized carbons (Fsp3) is 0.444. The Bertz CT molecular complexity index is 690. The molecule has 23 heavy (non-hydrogen) atoms. The fourth-order valence-electron chi connectivity index (χ4n) is 3.06. The second-order valence-corrected chi connectivity index (χ2v) is 6.52. The lowest BCUT2D eigenvalue weighted by Crippen LogP contribution is -2.40. The van der Waals surface area contributed by atoms with Crippen LogP contribution < -0.4 is 10.6 Å². The van der Waals surface area contributed by atoms with Gasteiger partial charge in [-0.3, -0.25) is 4.79 Å². The third-order valence-corrected chi connectivity index (χ3v) is 4.61. The predicted octanol–water partition coefficient (Wildman–Crippen LogP) is 2.67. The molecule has 0 aliphatic carbocycles. The van der Waals surface area contributed by atoms with Crippen LogP contribution in [0.4, 0.5) is 5.69 Å². The molecule has 2 aromatic rings. The number of aromatic nitrogens is 2. The van der Waals surface area contributed by atoms with Crippen molar-refractivity contribution in [3.63, 3.8) is 0 Å². The average molecular weight is 312 g/mol. The van der Waals surface area contributed by atoms with Crippen LogP contribution >= 0.6 is 0 Å². The first-order valence-electron chi connectivity index (χ1n) is 8.17. The van der Waals surface area contributed by atoms with Gasteiger partial charge in [0.05, 0.1) is 17.9 Å². The molecule has 2 N–H and O–H groups in total. The lowest BCUT2D eigenvalue weighted by molar-refractivity contribution is -0.120. The van der Waals surface area contributed by atoms with Gasteiger partial charge in [0.1, 0.15) is 0 Å². The van der Waals surface area contributed by atoms with Gasteiger partial charge in [-0.1, -0.05) is 6.92 Å². The van der Waals surface area contributed by atoms with E-state index in [2.05, 4.69) is 29.5 Å².